The minimum Gasteiger partial charge on any atom is -0.497 e. The van der Waals surface area contributed by atoms with Crippen LogP contribution in [0.1, 0.15) is 5.56 Å². The van der Waals surface area contributed by atoms with Crippen LogP contribution in [0, 0.1) is 17.1 Å². The summed E-state index contributed by atoms with van der Waals surface area (Å²) in [5.41, 5.74) is 1.43. The zero-order valence-electron chi connectivity index (χ0n) is 20.5. The molecule has 0 fully saturated rings. The van der Waals surface area contributed by atoms with Crippen LogP contribution >= 0.6 is 27.9 Å². The lowest BCUT2D eigenvalue weighted by Gasteiger charge is -2.21. The summed E-state index contributed by atoms with van der Waals surface area (Å²) in [6.45, 7) is 0.286. The monoisotopic (exact) mass is 606 g/mol. The number of aromatic nitrogens is 2. The number of nitrogens with zero attached hydrogens (tertiary/aromatic N) is 4. The number of hydrogen-bond donors (Lipinski definition) is 0. The van der Waals surface area contributed by atoms with Crippen LogP contribution in [0.4, 0.5) is 10.2 Å². The fraction of sp³-hybridized carbons (Fsp3) is 0.107. The highest BCUT2D eigenvalue weighted by molar-refractivity contribution is 9.10. The quantitative estimate of drug-likeness (QED) is 0.175. The Kier molecular flexibility index (Phi) is 7.86. The number of benzene rings is 3. The molecule has 0 aliphatic rings. The number of nitriles is 1. The van der Waals surface area contributed by atoms with Crippen molar-refractivity contribution in [1.82, 2.24) is 9.72 Å². The number of pyridine rings is 1. The van der Waals surface area contributed by atoms with Crippen LogP contribution in [0.25, 0.3) is 16.6 Å². The number of rotatable bonds is 9. The average Bonchev–Trinajstić information content (AvgIpc) is 3.49. The molecule has 0 saturated carbocycles. The Balaban J connectivity index is 1.52. The van der Waals surface area contributed by atoms with Crippen molar-refractivity contribution in [3.05, 3.63) is 105 Å². The predicted molar refractivity (Wildman–Crippen MR) is 150 cm³/mol. The largest absolute Gasteiger partial charge is 0.497 e. The molecule has 0 amide bonds. The molecule has 0 spiro atoms. The number of fused-ring (bicyclic) bond motifs is 1. The lowest BCUT2D eigenvalue weighted by atomic mass is 10.2. The molecular formula is C28H20BrFN4O4S. The van der Waals surface area contributed by atoms with Gasteiger partial charge in [0.15, 0.2) is 12.4 Å². The lowest BCUT2D eigenvalue weighted by molar-refractivity contribution is 0.365. The number of halogens is 2. The molecule has 39 heavy (non-hydrogen) atoms. The van der Waals surface area contributed by atoms with Gasteiger partial charge in [-0.3, -0.25) is 13.7 Å². The Hall–Kier alpha value is -4.27. The minimum atomic E-state index is -0.563. The van der Waals surface area contributed by atoms with Crippen molar-refractivity contribution in [3.63, 3.8) is 0 Å². The molecule has 2 heterocycles. The number of anilines is 1. The van der Waals surface area contributed by atoms with Gasteiger partial charge in [-0.15, -0.1) is 0 Å². The van der Waals surface area contributed by atoms with Crippen molar-refractivity contribution in [2.24, 2.45) is 0 Å². The van der Waals surface area contributed by atoms with E-state index < -0.39 is 5.82 Å². The summed E-state index contributed by atoms with van der Waals surface area (Å²) >= 11 is 4.60. The van der Waals surface area contributed by atoms with Gasteiger partial charge in [0.1, 0.15) is 29.6 Å². The van der Waals surface area contributed by atoms with E-state index in [0.29, 0.717) is 17.9 Å². The van der Waals surface area contributed by atoms with Gasteiger partial charge in [0.2, 0.25) is 0 Å². The molecule has 11 heteroatoms. The number of hydrogen-bond acceptors (Lipinski definition) is 8. The molecule has 196 valence electrons. The van der Waals surface area contributed by atoms with E-state index in [-0.39, 0.29) is 28.1 Å². The fourth-order valence-electron chi connectivity index (χ4n) is 3.97. The van der Waals surface area contributed by atoms with Crippen LogP contribution in [0.15, 0.2) is 97.7 Å². The highest BCUT2D eigenvalue weighted by Crippen LogP contribution is 2.34. The first-order valence-electron chi connectivity index (χ1n) is 11.6. The van der Waals surface area contributed by atoms with Crippen LogP contribution in [0.5, 0.6) is 11.5 Å². The van der Waals surface area contributed by atoms with Crippen molar-refractivity contribution in [1.29, 1.82) is 5.26 Å². The van der Waals surface area contributed by atoms with Gasteiger partial charge in [0.25, 0.3) is 5.56 Å². The molecule has 0 unspecified atom stereocenters. The van der Waals surface area contributed by atoms with E-state index in [1.54, 1.807) is 25.3 Å². The van der Waals surface area contributed by atoms with Crippen molar-refractivity contribution in [3.8, 4) is 23.3 Å². The Bertz CT molecular complexity index is 1720. The summed E-state index contributed by atoms with van der Waals surface area (Å²) in [6.07, 6.45) is 1.51. The first kappa shape index (κ1) is 26.3. The lowest BCUT2D eigenvalue weighted by Crippen LogP contribution is -2.19. The van der Waals surface area contributed by atoms with E-state index in [4.69, 9.17) is 19.3 Å². The minimum absolute atomic E-state index is 0.163. The van der Waals surface area contributed by atoms with Crippen LogP contribution in [0.3, 0.4) is 0 Å². The van der Waals surface area contributed by atoms with Gasteiger partial charge in [-0.2, -0.15) is 5.26 Å². The molecule has 3 aromatic carbocycles. The highest BCUT2D eigenvalue weighted by atomic mass is 79.9. The van der Waals surface area contributed by atoms with E-state index in [2.05, 4.69) is 21.1 Å². The molecule has 0 radical (unpaired) electrons. The predicted octanol–water partition coefficient (Wildman–Crippen LogP) is 6.51. The maximum absolute atomic E-state index is 14.6. The molecule has 5 rings (SSSR count). The maximum atomic E-state index is 14.6. The van der Waals surface area contributed by atoms with Crippen LogP contribution in [-0.2, 0) is 6.54 Å². The maximum Gasteiger partial charge on any atom is 0.255 e. The molecular weight excluding hydrogens is 587 g/mol. The molecule has 2 aromatic heterocycles. The second kappa shape index (κ2) is 11.6. The Morgan fingerprint density at radius 3 is 2.67 bits per heavy atom. The average molecular weight is 607 g/mol. The highest BCUT2D eigenvalue weighted by Gasteiger charge is 2.17. The SMILES string of the molecule is COc1ccc(CN(Sc2ccc3c(ccc(=O)n3-c3cc(F)c(Br)cc3OCC#N)c2)c2ccon2)cc1. The summed E-state index contributed by atoms with van der Waals surface area (Å²) < 4.78 is 33.9. The summed E-state index contributed by atoms with van der Waals surface area (Å²) in [5, 5.41) is 13.8. The van der Waals surface area contributed by atoms with Crippen LogP contribution in [-0.4, -0.2) is 23.4 Å². The molecule has 0 bridgehead atoms. The summed E-state index contributed by atoms with van der Waals surface area (Å²) in [5.74, 6) is 1.05. The van der Waals surface area contributed by atoms with Crippen molar-refractivity contribution >= 4 is 44.6 Å². The summed E-state index contributed by atoms with van der Waals surface area (Å²) in [7, 11) is 1.62. The molecule has 0 saturated heterocycles. The second-order valence-electron chi connectivity index (χ2n) is 8.24. The first-order chi connectivity index (χ1) is 19.0. The van der Waals surface area contributed by atoms with Crippen LogP contribution < -0.4 is 19.3 Å². The van der Waals surface area contributed by atoms with Gasteiger partial charge in [0, 0.05) is 23.1 Å². The van der Waals surface area contributed by atoms with E-state index in [1.165, 1.54) is 41.0 Å². The second-order valence-corrected chi connectivity index (χ2v) is 10.2. The third kappa shape index (κ3) is 5.77. The van der Waals surface area contributed by atoms with E-state index in [1.807, 2.05) is 46.8 Å². The molecule has 0 N–H and O–H groups in total. The van der Waals surface area contributed by atoms with Gasteiger partial charge in [0.05, 0.1) is 29.3 Å². The standard InChI is InChI=1S/C28H20BrFN4O4S/c1-36-20-5-2-18(3-6-20)17-33(27-10-12-38-32-27)39-21-7-8-24-19(14-21)4-9-28(35)34(24)25-16-23(30)22(29)15-26(25)37-13-11-31/h2-10,12,14-16H,13,17H2,1H3. The van der Waals surface area contributed by atoms with E-state index in [0.717, 1.165) is 21.6 Å². The first-order valence-corrected chi connectivity index (χ1v) is 13.2. The van der Waals surface area contributed by atoms with E-state index in [9.17, 15) is 9.18 Å². The summed E-state index contributed by atoms with van der Waals surface area (Å²) in [6, 6.07) is 22.8. The van der Waals surface area contributed by atoms with Crippen molar-refractivity contribution < 1.29 is 18.4 Å². The summed E-state index contributed by atoms with van der Waals surface area (Å²) in [4.78, 5) is 13.9. The Labute approximate surface area is 235 Å². The third-order valence-corrected chi connectivity index (χ3v) is 7.39. The molecule has 0 aliphatic heterocycles. The number of methoxy groups -OCH3 is 1. The molecule has 0 aliphatic carbocycles. The van der Waals surface area contributed by atoms with Crippen LogP contribution in [0.2, 0.25) is 0 Å². The third-order valence-electron chi connectivity index (χ3n) is 5.78. The van der Waals surface area contributed by atoms with Gasteiger partial charge in [-0.05, 0) is 81.3 Å². The topological polar surface area (TPSA) is 93.5 Å². The number of ether oxygens (including phenoxy) is 2. The van der Waals surface area contributed by atoms with Crippen molar-refractivity contribution in [2.45, 2.75) is 11.4 Å². The zero-order chi connectivity index (χ0) is 27.4. The van der Waals surface area contributed by atoms with Gasteiger partial charge < -0.3 is 14.0 Å². The van der Waals surface area contributed by atoms with Gasteiger partial charge >= 0.3 is 0 Å². The smallest absolute Gasteiger partial charge is 0.255 e. The van der Waals surface area contributed by atoms with E-state index >= 15 is 0 Å². The molecule has 8 nitrogen and oxygen atoms in total. The fourth-order valence-corrected chi connectivity index (χ4v) is 5.25. The van der Waals surface area contributed by atoms with Gasteiger partial charge in [-0.25, -0.2) is 4.39 Å². The normalized spacial score (nSPS) is 10.8. The Morgan fingerprint density at radius 2 is 1.95 bits per heavy atom. The Morgan fingerprint density at radius 1 is 1.13 bits per heavy atom. The zero-order valence-corrected chi connectivity index (χ0v) is 22.9. The molecule has 0 atom stereocenters. The van der Waals surface area contributed by atoms with Gasteiger partial charge in [-0.1, -0.05) is 17.3 Å². The molecule has 5 aromatic rings. The van der Waals surface area contributed by atoms with Crippen molar-refractivity contribution in [2.75, 3.05) is 18.0 Å².